The van der Waals surface area contributed by atoms with Gasteiger partial charge in [-0.3, -0.25) is 9.78 Å². The van der Waals surface area contributed by atoms with Crippen molar-refractivity contribution in [2.75, 3.05) is 27.2 Å². The first kappa shape index (κ1) is 13.1. The van der Waals surface area contributed by atoms with E-state index in [1.165, 1.54) is 0 Å². The molecule has 1 aliphatic carbocycles. The average Bonchev–Trinajstić information content (AvgIpc) is 3.17. The molecule has 0 radical (unpaired) electrons. The molecule has 2 aromatic heterocycles. The molecule has 0 atom stereocenters. The van der Waals surface area contributed by atoms with E-state index in [0.29, 0.717) is 11.6 Å². The number of hydrogen-bond donors (Lipinski definition) is 0. The van der Waals surface area contributed by atoms with Gasteiger partial charge in [0.15, 0.2) is 0 Å². The smallest absolute Gasteiger partial charge is 0.258 e. The summed E-state index contributed by atoms with van der Waals surface area (Å²) >= 11 is 0. The number of amides is 1. The number of nitrogens with zero attached hydrogens (tertiary/aromatic N) is 5. The minimum absolute atomic E-state index is 0.0670. The Balaban J connectivity index is 1.85. The number of aromatic nitrogens is 3. The van der Waals surface area contributed by atoms with Crippen LogP contribution >= 0.6 is 0 Å². The molecule has 1 fully saturated rings. The van der Waals surface area contributed by atoms with E-state index in [2.05, 4.69) is 15.0 Å². The Morgan fingerprint density at radius 2 is 2.15 bits per heavy atom. The molecule has 0 bridgehead atoms. The van der Waals surface area contributed by atoms with Gasteiger partial charge >= 0.3 is 0 Å². The van der Waals surface area contributed by atoms with Crippen LogP contribution in [0.4, 0.5) is 0 Å². The Kier molecular flexibility index (Phi) is 3.40. The summed E-state index contributed by atoms with van der Waals surface area (Å²) in [5, 5.41) is 4.22. The third-order valence-corrected chi connectivity index (χ3v) is 3.59. The molecule has 20 heavy (non-hydrogen) atoms. The highest BCUT2D eigenvalue weighted by Gasteiger charge is 2.33. The highest BCUT2D eigenvalue weighted by molar-refractivity contribution is 6.00. The summed E-state index contributed by atoms with van der Waals surface area (Å²) in [6.45, 7) is 1.63. The molecular formula is C14H19N5O. The topological polar surface area (TPSA) is 53.7 Å². The van der Waals surface area contributed by atoms with Crippen molar-refractivity contribution >= 4 is 11.4 Å². The second-order valence-electron chi connectivity index (χ2n) is 5.50. The minimum Gasteiger partial charge on any atom is -0.334 e. The van der Waals surface area contributed by atoms with Gasteiger partial charge in [0.25, 0.3) is 5.91 Å². The summed E-state index contributed by atoms with van der Waals surface area (Å²) in [5.41, 5.74) is 1.41. The van der Waals surface area contributed by atoms with Crippen LogP contribution in [0.2, 0.25) is 0 Å². The molecular weight excluding hydrogens is 254 g/mol. The number of hydrogen-bond acceptors (Lipinski definition) is 4. The van der Waals surface area contributed by atoms with Crippen LogP contribution in [0, 0.1) is 0 Å². The monoisotopic (exact) mass is 273 g/mol. The van der Waals surface area contributed by atoms with Crippen molar-refractivity contribution in [3.05, 3.63) is 30.4 Å². The SMILES string of the molecule is CN(C)CCN(C(=O)c1cnn2ccncc12)C1CC1. The molecule has 6 heteroatoms. The van der Waals surface area contributed by atoms with Crippen LogP contribution in [0.1, 0.15) is 23.2 Å². The summed E-state index contributed by atoms with van der Waals surface area (Å²) < 4.78 is 1.69. The lowest BCUT2D eigenvalue weighted by Crippen LogP contribution is -2.38. The molecule has 1 saturated carbocycles. The van der Waals surface area contributed by atoms with Crippen LogP contribution < -0.4 is 0 Å². The summed E-state index contributed by atoms with van der Waals surface area (Å²) in [6.07, 6.45) is 8.97. The Labute approximate surface area is 118 Å². The molecule has 0 aliphatic heterocycles. The van der Waals surface area contributed by atoms with Crippen molar-refractivity contribution in [1.29, 1.82) is 0 Å². The summed E-state index contributed by atoms with van der Waals surface area (Å²) in [6, 6.07) is 0.397. The van der Waals surface area contributed by atoms with Crippen molar-refractivity contribution < 1.29 is 4.79 Å². The zero-order chi connectivity index (χ0) is 14.1. The Hall–Kier alpha value is -1.95. The van der Waals surface area contributed by atoms with Crippen LogP contribution in [-0.4, -0.2) is 63.5 Å². The minimum atomic E-state index is 0.0670. The van der Waals surface area contributed by atoms with Gasteiger partial charge in [0.2, 0.25) is 0 Å². The molecule has 0 saturated heterocycles. The quantitative estimate of drug-likeness (QED) is 0.812. The second-order valence-corrected chi connectivity index (χ2v) is 5.50. The highest BCUT2D eigenvalue weighted by atomic mass is 16.2. The predicted molar refractivity (Wildman–Crippen MR) is 75.6 cm³/mol. The zero-order valence-electron chi connectivity index (χ0n) is 11.9. The van der Waals surface area contributed by atoms with Crippen LogP contribution in [-0.2, 0) is 0 Å². The van der Waals surface area contributed by atoms with Crippen molar-refractivity contribution in [2.45, 2.75) is 18.9 Å². The van der Waals surface area contributed by atoms with Gasteiger partial charge < -0.3 is 9.80 Å². The highest BCUT2D eigenvalue weighted by Crippen LogP contribution is 2.28. The molecule has 1 amide bonds. The number of fused-ring (bicyclic) bond motifs is 1. The lowest BCUT2D eigenvalue weighted by atomic mass is 10.2. The van der Waals surface area contributed by atoms with E-state index in [1.54, 1.807) is 29.3 Å². The predicted octanol–water partition coefficient (Wildman–Crippen LogP) is 0.895. The Morgan fingerprint density at radius 1 is 1.35 bits per heavy atom. The van der Waals surface area contributed by atoms with Crippen molar-refractivity contribution in [3.8, 4) is 0 Å². The molecule has 0 aromatic carbocycles. The van der Waals surface area contributed by atoms with E-state index in [1.807, 2.05) is 19.0 Å². The van der Waals surface area contributed by atoms with Gasteiger partial charge in [-0.15, -0.1) is 0 Å². The Bertz CT molecular complexity index is 617. The van der Waals surface area contributed by atoms with E-state index in [9.17, 15) is 4.79 Å². The van der Waals surface area contributed by atoms with Gasteiger partial charge in [-0.1, -0.05) is 0 Å². The third-order valence-electron chi connectivity index (χ3n) is 3.59. The van der Waals surface area contributed by atoms with Gasteiger partial charge in [-0.2, -0.15) is 5.10 Å². The van der Waals surface area contributed by atoms with Gasteiger partial charge in [0, 0.05) is 31.5 Å². The molecule has 2 heterocycles. The standard InChI is InChI=1S/C14H19N5O/c1-17(2)7-8-18(11-3-4-11)14(20)12-9-16-19-6-5-15-10-13(12)19/h5-6,9-11H,3-4,7-8H2,1-2H3. The molecule has 6 nitrogen and oxygen atoms in total. The van der Waals surface area contributed by atoms with E-state index in [4.69, 9.17) is 0 Å². The molecule has 0 N–H and O–H groups in total. The first-order chi connectivity index (χ1) is 9.66. The molecule has 0 spiro atoms. The first-order valence-electron chi connectivity index (χ1n) is 6.90. The van der Waals surface area contributed by atoms with Crippen molar-refractivity contribution in [1.82, 2.24) is 24.4 Å². The van der Waals surface area contributed by atoms with Crippen molar-refractivity contribution in [3.63, 3.8) is 0 Å². The van der Waals surface area contributed by atoms with Gasteiger partial charge in [0.1, 0.15) is 0 Å². The third kappa shape index (κ3) is 2.51. The van der Waals surface area contributed by atoms with Crippen LogP contribution in [0.15, 0.2) is 24.8 Å². The maximum Gasteiger partial charge on any atom is 0.258 e. The summed E-state index contributed by atoms with van der Waals surface area (Å²) in [5.74, 6) is 0.0670. The zero-order valence-corrected chi connectivity index (χ0v) is 11.9. The van der Waals surface area contributed by atoms with Crippen LogP contribution in [0.5, 0.6) is 0 Å². The number of likely N-dealkylation sites (N-methyl/N-ethyl adjacent to an activating group) is 1. The first-order valence-corrected chi connectivity index (χ1v) is 6.90. The largest absolute Gasteiger partial charge is 0.334 e. The molecule has 2 aromatic rings. The van der Waals surface area contributed by atoms with E-state index in [0.717, 1.165) is 31.4 Å². The maximum atomic E-state index is 12.7. The van der Waals surface area contributed by atoms with Crippen LogP contribution in [0.25, 0.3) is 5.52 Å². The summed E-state index contributed by atoms with van der Waals surface area (Å²) in [4.78, 5) is 20.9. The maximum absolute atomic E-state index is 12.7. The van der Waals surface area contributed by atoms with E-state index < -0.39 is 0 Å². The van der Waals surface area contributed by atoms with E-state index >= 15 is 0 Å². The Morgan fingerprint density at radius 3 is 2.85 bits per heavy atom. The molecule has 106 valence electrons. The fourth-order valence-electron chi connectivity index (χ4n) is 2.30. The fraction of sp³-hybridized carbons (Fsp3) is 0.500. The number of carbonyl (C=O) groups is 1. The van der Waals surface area contributed by atoms with Gasteiger partial charge in [-0.25, -0.2) is 4.52 Å². The van der Waals surface area contributed by atoms with E-state index in [-0.39, 0.29) is 5.91 Å². The molecule has 3 rings (SSSR count). The van der Waals surface area contributed by atoms with Gasteiger partial charge in [-0.05, 0) is 26.9 Å². The number of rotatable bonds is 5. The molecule has 0 unspecified atom stereocenters. The van der Waals surface area contributed by atoms with Crippen LogP contribution in [0.3, 0.4) is 0 Å². The van der Waals surface area contributed by atoms with Gasteiger partial charge in [0.05, 0.1) is 23.5 Å². The normalized spacial score (nSPS) is 14.9. The number of carbonyl (C=O) groups excluding carboxylic acids is 1. The second kappa shape index (κ2) is 5.20. The lowest BCUT2D eigenvalue weighted by Gasteiger charge is -2.23. The average molecular weight is 273 g/mol. The fourth-order valence-corrected chi connectivity index (χ4v) is 2.30. The molecule has 1 aliphatic rings. The van der Waals surface area contributed by atoms with Crippen molar-refractivity contribution in [2.24, 2.45) is 0 Å². The lowest BCUT2D eigenvalue weighted by molar-refractivity contribution is 0.0734. The summed E-state index contributed by atoms with van der Waals surface area (Å²) in [7, 11) is 4.05.